The maximum Gasteiger partial charge on any atom is 0.0544 e. The highest BCUT2D eigenvalue weighted by molar-refractivity contribution is 5.14. The van der Waals surface area contributed by atoms with Crippen molar-refractivity contribution in [3.63, 3.8) is 0 Å². The summed E-state index contributed by atoms with van der Waals surface area (Å²) in [5.74, 6) is 0. The molecule has 1 atom stereocenters. The Kier molecular flexibility index (Phi) is 5.95. The maximum atomic E-state index is 4.60. The average Bonchev–Trinajstić information content (AvgIpc) is 2.48. The standard InChI is InChI=1S/C16H28N4/c1-4-16-13-20(9-8-19(16)3)12-15-7-6-14(11-18-15)10-17-5-2/h6-7,11,16-17H,4-5,8-10,12-13H2,1-3H3. The zero-order valence-corrected chi connectivity index (χ0v) is 13.1. The number of hydrogen-bond acceptors (Lipinski definition) is 4. The molecule has 1 N–H and O–H groups in total. The molecule has 1 saturated heterocycles. The van der Waals surface area contributed by atoms with Crippen LogP contribution in [0.1, 0.15) is 31.5 Å². The number of nitrogens with one attached hydrogen (secondary N) is 1. The van der Waals surface area contributed by atoms with Crippen molar-refractivity contribution in [1.82, 2.24) is 20.1 Å². The van der Waals surface area contributed by atoms with Gasteiger partial charge in [-0.25, -0.2) is 0 Å². The lowest BCUT2D eigenvalue weighted by Gasteiger charge is -2.39. The van der Waals surface area contributed by atoms with Gasteiger partial charge in [0.05, 0.1) is 5.69 Å². The third-order valence-corrected chi connectivity index (χ3v) is 4.18. The van der Waals surface area contributed by atoms with E-state index in [1.165, 1.54) is 17.7 Å². The normalized spacial score (nSPS) is 21.2. The van der Waals surface area contributed by atoms with Crippen LogP contribution in [0.4, 0.5) is 0 Å². The Bertz CT molecular complexity index is 390. The van der Waals surface area contributed by atoms with Gasteiger partial charge in [0.1, 0.15) is 0 Å². The number of piperazine rings is 1. The van der Waals surface area contributed by atoms with E-state index < -0.39 is 0 Å². The lowest BCUT2D eigenvalue weighted by Crippen LogP contribution is -2.50. The maximum absolute atomic E-state index is 4.60. The lowest BCUT2D eigenvalue weighted by atomic mass is 10.1. The fourth-order valence-corrected chi connectivity index (χ4v) is 2.75. The predicted octanol–water partition coefficient (Wildman–Crippen LogP) is 1.72. The monoisotopic (exact) mass is 276 g/mol. The van der Waals surface area contributed by atoms with Crippen molar-refractivity contribution >= 4 is 0 Å². The summed E-state index contributed by atoms with van der Waals surface area (Å²) in [6, 6.07) is 5.06. The number of hydrogen-bond donors (Lipinski definition) is 1. The summed E-state index contributed by atoms with van der Waals surface area (Å²) in [6.45, 7) is 10.8. The Hall–Kier alpha value is -0.970. The minimum absolute atomic E-state index is 0.691. The van der Waals surface area contributed by atoms with Gasteiger partial charge >= 0.3 is 0 Å². The highest BCUT2D eigenvalue weighted by Gasteiger charge is 2.22. The first-order chi connectivity index (χ1) is 9.72. The summed E-state index contributed by atoms with van der Waals surface area (Å²) in [5, 5.41) is 3.33. The molecule has 0 aromatic carbocycles. The molecule has 2 heterocycles. The van der Waals surface area contributed by atoms with Gasteiger partial charge in [0, 0.05) is 45.0 Å². The van der Waals surface area contributed by atoms with Crippen molar-refractivity contribution < 1.29 is 0 Å². The van der Waals surface area contributed by atoms with Crippen LogP contribution in [-0.2, 0) is 13.1 Å². The molecule has 1 unspecified atom stereocenters. The summed E-state index contributed by atoms with van der Waals surface area (Å²) >= 11 is 0. The van der Waals surface area contributed by atoms with Crippen LogP contribution in [0.5, 0.6) is 0 Å². The van der Waals surface area contributed by atoms with Crippen LogP contribution in [0.15, 0.2) is 18.3 Å². The van der Waals surface area contributed by atoms with Crippen LogP contribution < -0.4 is 5.32 Å². The van der Waals surface area contributed by atoms with E-state index in [9.17, 15) is 0 Å². The molecular formula is C16H28N4. The highest BCUT2D eigenvalue weighted by atomic mass is 15.3. The third kappa shape index (κ3) is 4.27. The molecule has 4 nitrogen and oxygen atoms in total. The second-order valence-corrected chi connectivity index (χ2v) is 5.72. The number of nitrogens with zero attached hydrogens (tertiary/aromatic N) is 3. The topological polar surface area (TPSA) is 31.4 Å². The molecular weight excluding hydrogens is 248 g/mol. The molecule has 0 saturated carbocycles. The summed E-state index contributed by atoms with van der Waals surface area (Å²) in [4.78, 5) is 9.60. The largest absolute Gasteiger partial charge is 0.313 e. The molecule has 112 valence electrons. The van der Waals surface area contributed by atoms with Crippen molar-refractivity contribution in [3.8, 4) is 0 Å². The predicted molar refractivity (Wildman–Crippen MR) is 83.6 cm³/mol. The Morgan fingerprint density at radius 3 is 2.80 bits per heavy atom. The van der Waals surface area contributed by atoms with Gasteiger partial charge in [-0.15, -0.1) is 0 Å². The lowest BCUT2D eigenvalue weighted by molar-refractivity contribution is 0.0875. The van der Waals surface area contributed by atoms with Crippen LogP contribution >= 0.6 is 0 Å². The van der Waals surface area contributed by atoms with E-state index >= 15 is 0 Å². The van der Waals surface area contributed by atoms with Crippen molar-refractivity contribution in [2.45, 2.75) is 39.4 Å². The van der Waals surface area contributed by atoms with E-state index in [0.29, 0.717) is 6.04 Å². The number of pyridine rings is 1. The van der Waals surface area contributed by atoms with E-state index in [0.717, 1.165) is 39.3 Å². The molecule has 1 aromatic heterocycles. The van der Waals surface area contributed by atoms with Gasteiger partial charge in [-0.1, -0.05) is 19.9 Å². The van der Waals surface area contributed by atoms with E-state index in [2.05, 4.69) is 53.1 Å². The average molecular weight is 276 g/mol. The summed E-state index contributed by atoms with van der Waals surface area (Å²) < 4.78 is 0. The minimum atomic E-state index is 0.691. The van der Waals surface area contributed by atoms with Crippen molar-refractivity contribution in [1.29, 1.82) is 0 Å². The SMILES string of the molecule is CCNCc1ccc(CN2CCN(C)C(CC)C2)nc1. The van der Waals surface area contributed by atoms with Gasteiger partial charge in [-0.05, 0) is 31.6 Å². The zero-order valence-electron chi connectivity index (χ0n) is 13.1. The Balaban J connectivity index is 1.86. The van der Waals surface area contributed by atoms with Crippen molar-refractivity contribution in [2.75, 3.05) is 33.2 Å². The van der Waals surface area contributed by atoms with Gasteiger partial charge < -0.3 is 10.2 Å². The van der Waals surface area contributed by atoms with Gasteiger partial charge in [-0.3, -0.25) is 9.88 Å². The molecule has 1 aromatic rings. The summed E-state index contributed by atoms with van der Waals surface area (Å²) in [7, 11) is 2.24. The number of aromatic nitrogens is 1. The third-order valence-electron chi connectivity index (χ3n) is 4.18. The van der Waals surface area contributed by atoms with Crippen LogP contribution in [-0.4, -0.2) is 54.1 Å². The fourth-order valence-electron chi connectivity index (χ4n) is 2.75. The van der Waals surface area contributed by atoms with E-state index in [1.54, 1.807) is 0 Å². The Morgan fingerprint density at radius 2 is 2.15 bits per heavy atom. The smallest absolute Gasteiger partial charge is 0.0544 e. The molecule has 1 fully saturated rings. The van der Waals surface area contributed by atoms with Crippen LogP contribution in [0.25, 0.3) is 0 Å². The molecule has 0 aliphatic carbocycles. The van der Waals surface area contributed by atoms with Gasteiger partial charge in [0.2, 0.25) is 0 Å². The van der Waals surface area contributed by atoms with Crippen molar-refractivity contribution in [3.05, 3.63) is 29.6 Å². The number of rotatable bonds is 6. The Labute approximate surface area is 123 Å². The van der Waals surface area contributed by atoms with E-state index in [-0.39, 0.29) is 0 Å². The molecule has 0 radical (unpaired) electrons. The van der Waals surface area contributed by atoms with E-state index in [4.69, 9.17) is 0 Å². The second-order valence-electron chi connectivity index (χ2n) is 5.72. The van der Waals surface area contributed by atoms with Crippen LogP contribution in [0, 0.1) is 0 Å². The molecule has 4 heteroatoms. The fraction of sp³-hybridized carbons (Fsp3) is 0.688. The quantitative estimate of drug-likeness (QED) is 0.857. The van der Waals surface area contributed by atoms with Crippen LogP contribution in [0.2, 0.25) is 0 Å². The molecule has 0 amide bonds. The molecule has 1 aliphatic heterocycles. The van der Waals surface area contributed by atoms with Crippen LogP contribution in [0.3, 0.4) is 0 Å². The molecule has 20 heavy (non-hydrogen) atoms. The van der Waals surface area contributed by atoms with Crippen molar-refractivity contribution in [2.24, 2.45) is 0 Å². The van der Waals surface area contributed by atoms with Gasteiger partial charge in [0.15, 0.2) is 0 Å². The van der Waals surface area contributed by atoms with Gasteiger partial charge in [0.25, 0.3) is 0 Å². The molecule has 0 spiro atoms. The molecule has 2 rings (SSSR count). The first-order valence-electron chi connectivity index (χ1n) is 7.80. The summed E-state index contributed by atoms with van der Waals surface area (Å²) in [5.41, 5.74) is 2.45. The molecule has 0 bridgehead atoms. The zero-order chi connectivity index (χ0) is 14.4. The highest BCUT2D eigenvalue weighted by Crippen LogP contribution is 2.13. The second kappa shape index (κ2) is 7.72. The molecule has 1 aliphatic rings. The number of likely N-dealkylation sites (N-methyl/N-ethyl adjacent to an activating group) is 1. The first-order valence-corrected chi connectivity index (χ1v) is 7.80. The van der Waals surface area contributed by atoms with E-state index in [1.807, 2.05) is 6.20 Å². The first kappa shape index (κ1) is 15.4. The van der Waals surface area contributed by atoms with Gasteiger partial charge in [-0.2, -0.15) is 0 Å². The Morgan fingerprint density at radius 1 is 1.30 bits per heavy atom. The summed E-state index contributed by atoms with van der Waals surface area (Å²) in [6.07, 6.45) is 3.23. The minimum Gasteiger partial charge on any atom is -0.313 e.